The number of fused-ring (bicyclic) bond motifs is 1. The molecule has 20 heavy (non-hydrogen) atoms. The van der Waals surface area contributed by atoms with Crippen LogP contribution in [0.15, 0.2) is 18.2 Å². The molecule has 1 aliphatic rings. The number of nitrogens with zero attached hydrogens (tertiary/aromatic N) is 1. The molecule has 2 rings (SSSR count). The second kappa shape index (κ2) is 6.13. The lowest BCUT2D eigenvalue weighted by atomic mass is 10.1. The summed E-state index contributed by atoms with van der Waals surface area (Å²) in [4.78, 5) is 23.9. The van der Waals surface area contributed by atoms with Gasteiger partial charge in [-0.15, -0.1) is 0 Å². The molecular formula is C14H17ClN2O3. The van der Waals surface area contributed by atoms with Gasteiger partial charge in [0.1, 0.15) is 0 Å². The third kappa shape index (κ3) is 3.22. The van der Waals surface area contributed by atoms with Crippen molar-refractivity contribution >= 4 is 23.6 Å². The summed E-state index contributed by atoms with van der Waals surface area (Å²) in [6.45, 7) is 0.191. The molecule has 0 saturated heterocycles. The van der Waals surface area contributed by atoms with Gasteiger partial charge in [0.05, 0.1) is 12.5 Å². The zero-order chi connectivity index (χ0) is 14.7. The van der Waals surface area contributed by atoms with Crippen molar-refractivity contribution in [3.63, 3.8) is 0 Å². The predicted molar refractivity (Wildman–Crippen MR) is 75.9 cm³/mol. The van der Waals surface area contributed by atoms with Gasteiger partial charge in [-0.25, -0.2) is 4.79 Å². The first kappa shape index (κ1) is 14.7. The van der Waals surface area contributed by atoms with E-state index in [1.54, 1.807) is 7.05 Å². The summed E-state index contributed by atoms with van der Waals surface area (Å²) in [6, 6.07) is 5.38. The highest BCUT2D eigenvalue weighted by atomic mass is 35.5. The van der Waals surface area contributed by atoms with Crippen LogP contribution in [0.5, 0.6) is 0 Å². The Hall–Kier alpha value is -1.75. The fourth-order valence-electron chi connectivity index (χ4n) is 2.38. The van der Waals surface area contributed by atoms with Gasteiger partial charge in [-0.1, -0.05) is 23.7 Å². The molecule has 0 aliphatic heterocycles. The maximum Gasteiger partial charge on any atom is 0.317 e. The smallest absolute Gasteiger partial charge is 0.317 e. The Morgan fingerprint density at radius 1 is 1.50 bits per heavy atom. The number of rotatable bonds is 4. The lowest BCUT2D eigenvalue weighted by molar-refractivity contribution is -0.137. The Balaban J connectivity index is 1.97. The van der Waals surface area contributed by atoms with E-state index < -0.39 is 5.97 Å². The van der Waals surface area contributed by atoms with E-state index >= 15 is 0 Å². The first-order valence-electron chi connectivity index (χ1n) is 6.49. The summed E-state index contributed by atoms with van der Waals surface area (Å²) < 4.78 is 0. The highest BCUT2D eigenvalue weighted by Crippen LogP contribution is 2.35. The third-order valence-corrected chi connectivity index (χ3v) is 3.87. The van der Waals surface area contributed by atoms with Crippen LogP contribution in [0.2, 0.25) is 5.02 Å². The molecule has 2 N–H and O–H groups in total. The number of hydrogen-bond acceptors (Lipinski definition) is 2. The molecule has 1 aliphatic carbocycles. The zero-order valence-corrected chi connectivity index (χ0v) is 12.0. The lowest BCUT2D eigenvalue weighted by Crippen LogP contribution is -2.39. The number of carbonyl (C=O) groups excluding carboxylic acids is 1. The SMILES string of the molecule is CN(CCC(=O)O)C(=O)NC1CCc2c(Cl)cccc21. The van der Waals surface area contributed by atoms with E-state index in [1.807, 2.05) is 18.2 Å². The van der Waals surface area contributed by atoms with Crippen LogP contribution in [0.25, 0.3) is 0 Å². The van der Waals surface area contributed by atoms with E-state index in [9.17, 15) is 9.59 Å². The summed E-state index contributed by atoms with van der Waals surface area (Å²) in [7, 11) is 1.59. The number of halogens is 1. The molecule has 1 atom stereocenters. The molecule has 2 amide bonds. The van der Waals surface area contributed by atoms with Crippen LogP contribution in [0.3, 0.4) is 0 Å². The average Bonchev–Trinajstić information content (AvgIpc) is 2.80. The van der Waals surface area contributed by atoms with E-state index in [4.69, 9.17) is 16.7 Å². The van der Waals surface area contributed by atoms with Gasteiger partial charge in [0.15, 0.2) is 0 Å². The molecule has 0 radical (unpaired) electrons. The van der Waals surface area contributed by atoms with Crippen LogP contribution >= 0.6 is 11.6 Å². The second-order valence-corrected chi connectivity index (χ2v) is 5.32. The van der Waals surface area contributed by atoms with Gasteiger partial charge in [-0.05, 0) is 30.0 Å². The third-order valence-electron chi connectivity index (χ3n) is 3.52. The van der Waals surface area contributed by atoms with Crippen LogP contribution in [0.1, 0.15) is 30.0 Å². The highest BCUT2D eigenvalue weighted by Gasteiger charge is 2.26. The molecule has 6 heteroatoms. The van der Waals surface area contributed by atoms with Crippen molar-refractivity contribution in [1.82, 2.24) is 10.2 Å². The van der Waals surface area contributed by atoms with E-state index in [1.165, 1.54) is 4.90 Å². The molecule has 1 aromatic rings. The number of nitrogens with one attached hydrogen (secondary N) is 1. The van der Waals surface area contributed by atoms with E-state index in [0.29, 0.717) is 0 Å². The fraction of sp³-hybridized carbons (Fsp3) is 0.429. The van der Waals surface area contributed by atoms with Gasteiger partial charge >= 0.3 is 12.0 Å². The number of benzene rings is 1. The minimum Gasteiger partial charge on any atom is -0.481 e. The fourth-order valence-corrected chi connectivity index (χ4v) is 2.66. The number of carbonyl (C=O) groups is 2. The first-order valence-corrected chi connectivity index (χ1v) is 6.87. The van der Waals surface area contributed by atoms with Crippen molar-refractivity contribution in [3.05, 3.63) is 34.3 Å². The van der Waals surface area contributed by atoms with Crippen LogP contribution in [0.4, 0.5) is 4.79 Å². The molecule has 1 aromatic carbocycles. The molecule has 0 saturated carbocycles. The molecule has 0 aromatic heterocycles. The van der Waals surface area contributed by atoms with Crippen molar-refractivity contribution in [1.29, 1.82) is 0 Å². The van der Waals surface area contributed by atoms with E-state index in [2.05, 4.69) is 5.32 Å². The van der Waals surface area contributed by atoms with Crippen molar-refractivity contribution < 1.29 is 14.7 Å². The number of amides is 2. The quantitative estimate of drug-likeness (QED) is 0.896. The minimum absolute atomic E-state index is 0.0523. The van der Waals surface area contributed by atoms with E-state index in [-0.39, 0.29) is 25.0 Å². The molecule has 1 unspecified atom stereocenters. The summed E-state index contributed by atoms with van der Waals surface area (Å²) in [6.07, 6.45) is 1.60. The largest absolute Gasteiger partial charge is 0.481 e. The second-order valence-electron chi connectivity index (χ2n) is 4.91. The Kier molecular flexibility index (Phi) is 4.49. The van der Waals surface area contributed by atoms with Gasteiger partial charge in [0.2, 0.25) is 0 Å². The van der Waals surface area contributed by atoms with Crippen molar-refractivity contribution in [2.24, 2.45) is 0 Å². The van der Waals surface area contributed by atoms with Crippen LogP contribution < -0.4 is 5.32 Å². The van der Waals surface area contributed by atoms with Crippen molar-refractivity contribution in [2.75, 3.05) is 13.6 Å². The van der Waals surface area contributed by atoms with Crippen molar-refractivity contribution in [2.45, 2.75) is 25.3 Å². The molecule has 0 spiro atoms. The number of urea groups is 1. The first-order chi connectivity index (χ1) is 9.49. The van der Waals surface area contributed by atoms with Gasteiger partial charge in [0, 0.05) is 18.6 Å². The van der Waals surface area contributed by atoms with Gasteiger partial charge in [0.25, 0.3) is 0 Å². The average molecular weight is 297 g/mol. The number of carboxylic acid groups (broad SMARTS) is 1. The van der Waals surface area contributed by atoms with Gasteiger partial charge < -0.3 is 15.3 Å². The number of carboxylic acids is 1. The van der Waals surface area contributed by atoms with Gasteiger partial charge in [-0.2, -0.15) is 0 Å². The maximum absolute atomic E-state index is 12.0. The molecule has 0 fully saturated rings. The maximum atomic E-state index is 12.0. The predicted octanol–water partition coefficient (Wildman–Crippen LogP) is 2.44. The Labute approximate surface area is 122 Å². The standard InChI is InChI=1S/C14H17ClN2O3/c1-17(8-7-13(18)19)14(20)16-12-6-5-9-10(12)3-2-4-11(9)15/h2-4,12H,5-8H2,1H3,(H,16,20)(H,18,19). The van der Waals surface area contributed by atoms with Gasteiger partial charge in [-0.3, -0.25) is 4.79 Å². The van der Waals surface area contributed by atoms with E-state index in [0.717, 1.165) is 29.0 Å². The molecule has 0 bridgehead atoms. The molecular weight excluding hydrogens is 280 g/mol. The molecule has 0 heterocycles. The van der Waals surface area contributed by atoms with Crippen LogP contribution in [-0.2, 0) is 11.2 Å². The normalized spacial score (nSPS) is 16.6. The molecule has 5 nitrogen and oxygen atoms in total. The summed E-state index contributed by atoms with van der Waals surface area (Å²) in [5, 5.41) is 12.3. The lowest BCUT2D eigenvalue weighted by Gasteiger charge is -2.21. The highest BCUT2D eigenvalue weighted by molar-refractivity contribution is 6.31. The summed E-state index contributed by atoms with van der Waals surface area (Å²) >= 11 is 6.13. The summed E-state index contributed by atoms with van der Waals surface area (Å²) in [5.41, 5.74) is 2.14. The number of aliphatic carboxylic acids is 1. The zero-order valence-electron chi connectivity index (χ0n) is 11.2. The van der Waals surface area contributed by atoms with Crippen molar-refractivity contribution in [3.8, 4) is 0 Å². The van der Waals surface area contributed by atoms with Crippen LogP contribution in [-0.4, -0.2) is 35.6 Å². The minimum atomic E-state index is -0.914. The number of hydrogen-bond donors (Lipinski definition) is 2. The Morgan fingerprint density at radius 2 is 2.25 bits per heavy atom. The topological polar surface area (TPSA) is 69.6 Å². The Morgan fingerprint density at radius 3 is 2.95 bits per heavy atom. The Bertz CT molecular complexity index is 533. The monoisotopic (exact) mass is 296 g/mol. The van der Waals surface area contributed by atoms with Crippen LogP contribution in [0, 0.1) is 0 Å². The summed E-state index contributed by atoms with van der Waals surface area (Å²) in [5.74, 6) is -0.914. The molecule has 108 valence electrons.